The van der Waals surface area contributed by atoms with Crippen LogP contribution in [0.15, 0.2) is 66.9 Å². The zero-order chi connectivity index (χ0) is 23.5. The molecule has 9 nitrogen and oxygen atoms in total. The van der Waals surface area contributed by atoms with E-state index in [4.69, 9.17) is 9.47 Å². The van der Waals surface area contributed by atoms with E-state index in [9.17, 15) is 14.4 Å². The highest BCUT2D eigenvalue weighted by molar-refractivity contribution is 5.95. The molecule has 0 atom stereocenters. The van der Waals surface area contributed by atoms with E-state index in [2.05, 4.69) is 15.6 Å². The van der Waals surface area contributed by atoms with E-state index in [1.165, 1.54) is 6.20 Å². The van der Waals surface area contributed by atoms with E-state index in [1.54, 1.807) is 52.9 Å². The number of aromatic nitrogens is 2. The lowest BCUT2D eigenvalue weighted by Crippen LogP contribution is -2.25. The van der Waals surface area contributed by atoms with Gasteiger partial charge in [-0.1, -0.05) is 36.4 Å². The molecule has 0 saturated heterocycles. The molecule has 0 spiro atoms. The number of carbonyl (C=O) groups is 3. The third-order valence-corrected chi connectivity index (χ3v) is 5.42. The monoisotopic (exact) mass is 456 g/mol. The maximum absolute atomic E-state index is 12.8. The van der Waals surface area contributed by atoms with Crippen LogP contribution in [0.3, 0.4) is 0 Å². The summed E-state index contributed by atoms with van der Waals surface area (Å²) in [5, 5.41) is 5.69. The summed E-state index contributed by atoms with van der Waals surface area (Å²) in [5.74, 6) is 0.659. The molecule has 0 unspecified atom stereocenters. The van der Waals surface area contributed by atoms with E-state index >= 15 is 0 Å². The second kappa shape index (κ2) is 9.07. The first-order valence-corrected chi connectivity index (χ1v) is 10.6. The maximum Gasteiger partial charge on any atom is 0.271 e. The first kappa shape index (κ1) is 21.2. The van der Waals surface area contributed by atoms with Crippen molar-refractivity contribution in [3.8, 4) is 11.5 Å². The number of hydrogen-bond donors (Lipinski definition) is 2. The lowest BCUT2D eigenvalue weighted by molar-refractivity contribution is 0.0935. The van der Waals surface area contributed by atoms with Gasteiger partial charge in [-0.3, -0.25) is 18.8 Å². The van der Waals surface area contributed by atoms with Gasteiger partial charge in [0.15, 0.2) is 11.5 Å². The van der Waals surface area contributed by atoms with E-state index in [0.29, 0.717) is 41.5 Å². The number of nitrogens with zero attached hydrogens (tertiary/aromatic N) is 2. The number of imidazole rings is 1. The third-order valence-electron chi connectivity index (χ3n) is 5.42. The predicted molar refractivity (Wildman–Crippen MR) is 122 cm³/mol. The largest absolute Gasteiger partial charge is 0.454 e. The summed E-state index contributed by atoms with van der Waals surface area (Å²) in [4.78, 5) is 40.6. The fraction of sp³-hybridized carbons (Fsp3) is 0.120. The van der Waals surface area contributed by atoms with Crippen LogP contribution in [0.1, 0.15) is 42.5 Å². The van der Waals surface area contributed by atoms with Crippen molar-refractivity contribution in [2.75, 3.05) is 6.79 Å². The molecule has 3 heterocycles. The molecular formula is C25H20N4O5. The Morgan fingerprint density at radius 2 is 1.65 bits per heavy atom. The number of pyridine rings is 1. The molecule has 34 heavy (non-hydrogen) atoms. The number of nitrogens with one attached hydrogen (secondary N) is 2. The van der Waals surface area contributed by atoms with Gasteiger partial charge in [-0.2, -0.15) is 0 Å². The minimum absolute atomic E-state index is 0.189. The van der Waals surface area contributed by atoms with Crippen molar-refractivity contribution in [1.82, 2.24) is 20.0 Å². The molecule has 2 amide bonds. The number of ether oxygens (including phenoxy) is 2. The van der Waals surface area contributed by atoms with Gasteiger partial charge in [0, 0.05) is 24.8 Å². The summed E-state index contributed by atoms with van der Waals surface area (Å²) in [6.07, 6.45) is 2.31. The molecule has 5 rings (SSSR count). The predicted octanol–water partition coefficient (Wildman–Crippen LogP) is 2.74. The fourth-order valence-electron chi connectivity index (χ4n) is 3.62. The van der Waals surface area contributed by atoms with Gasteiger partial charge in [-0.05, 0) is 35.4 Å². The van der Waals surface area contributed by atoms with Crippen LogP contribution in [-0.4, -0.2) is 34.3 Å². The minimum atomic E-state index is -0.358. The Balaban J connectivity index is 1.27. The summed E-state index contributed by atoms with van der Waals surface area (Å²) < 4.78 is 12.2. The number of rotatable bonds is 7. The van der Waals surface area contributed by atoms with Crippen molar-refractivity contribution in [2.24, 2.45) is 0 Å². The van der Waals surface area contributed by atoms with Crippen LogP contribution in [0.5, 0.6) is 11.5 Å². The van der Waals surface area contributed by atoms with E-state index in [-0.39, 0.29) is 24.3 Å². The Hall–Kier alpha value is -4.66. The molecular weight excluding hydrogens is 436 g/mol. The second-order valence-electron chi connectivity index (χ2n) is 7.68. The van der Waals surface area contributed by atoms with Crippen molar-refractivity contribution in [2.45, 2.75) is 13.1 Å². The number of amides is 2. The standard InChI is InChI=1S/C25H20N4O5/c30-14-17-6-4-16(5-7-17)11-27-25(32)20-2-1-3-23-28-19(13-29(20)23)24(31)26-12-18-8-9-21-22(10-18)34-15-33-21/h1-10,13-14H,11-12,15H2,(H,26,31)(H,27,32). The molecule has 0 saturated carbocycles. The minimum Gasteiger partial charge on any atom is -0.454 e. The van der Waals surface area contributed by atoms with Gasteiger partial charge >= 0.3 is 0 Å². The summed E-state index contributed by atoms with van der Waals surface area (Å²) in [6, 6.07) is 17.5. The number of benzene rings is 2. The average Bonchev–Trinajstić information content (AvgIpc) is 3.52. The summed E-state index contributed by atoms with van der Waals surface area (Å²) in [6.45, 7) is 0.778. The summed E-state index contributed by atoms with van der Waals surface area (Å²) in [7, 11) is 0. The SMILES string of the molecule is O=Cc1ccc(CNC(=O)c2cccc3nc(C(=O)NCc4ccc5c(c4)OCO5)cn23)cc1. The quantitative estimate of drug-likeness (QED) is 0.414. The zero-order valence-corrected chi connectivity index (χ0v) is 18.0. The van der Waals surface area contributed by atoms with Crippen molar-refractivity contribution in [1.29, 1.82) is 0 Å². The molecule has 0 bridgehead atoms. The molecule has 0 radical (unpaired) electrons. The van der Waals surface area contributed by atoms with Gasteiger partial charge in [-0.15, -0.1) is 0 Å². The van der Waals surface area contributed by atoms with Crippen LogP contribution < -0.4 is 20.1 Å². The number of carbonyl (C=O) groups excluding carboxylic acids is 3. The van der Waals surface area contributed by atoms with Gasteiger partial charge in [0.25, 0.3) is 11.8 Å². The molecule has 0 fully saturated rings. The molecule has 4 aromatic rings. The normalized spacial score (nSPS) is 11.9. The van der Waals surface area contributed by atoms with Crippen molar-refractivity contribution in [3.05, 3.63) is 94.9 Å². The molecule has 2 aromatic heterocycles. The summed E-state index contributed by atoms with van der Waals surface area (Å²) >= 11 is 0. The summed E-state index contributed by atoms with van der Waals surface area (Å²) in [5.41, 5.74) is 3.33. The topological polar surface area (TPSA) is 111 Å². The van der Waals surface area contributed by atoms with E-state index in [1.807, 2.05) is 12.1 Å². The van der Waals surface area contributed by atoms with E-state index < -0.39 is 0 Å². The Kier molecular flexibility index (Phi) is 5.65. The van der Waals surface area contributed by atoms with Crippen molar-refractivity contribution >= 4 is 23.7 Å². The van der Waals surface area contributed by atoms with Crippen LogP contribution in [0.2, 0.25) is 0 Å². The fourth-order valence-corrected chi connectivity index (χ4v) is 3.62. The Morgan fingerprint density at radius 3 is 2.47 bits per heavy atom. The Labute approximate surface area is 194 Å². The van der Waals surface area contributed by atoms with Gasteiger partial charge in [0.05, 0.1) is 0 Å². The number of fused-ring (bicyclic) bond motifs is 2. The second-order valence-corrected chi connectivity index (χ2v) is 7.68. The zero-order valence-electron chi connectivity index (χ0n) is 18.0. The van der Waals surface area contributed by atoms with E-state index in [0.717, 1.165) is 17.4 Å². The van der Waals surface area contributed by atoms with Gasteiger partial charge in [0.1, 0.15) is 23.3 Å². The molecule has 2 N–H and O–H groups in total. The first-order valence-electron chi connectivity index (χ1n) is 10.6. The third kappa shape index (κ3) is 4.31. The molecule has 2 aromatic carbocycles. The molecule has 1 aliphatic rings. The Morgan fingerprint density at radius 1 is 0.912 bits per heavy atom. The molecule has 9 heteroatoms. The highest BCUT2D eigenvalue weighted by atomic mass is 16.7. The smallest absolute Gasteiger partial charge is 0.271 e. The van der Waals surface area contributed by atoms with Crippen molar-refractivity contribution in [3.63, 3.8) is 0 Å². The first-order chi connectivity index (χ1) is 16.6. The number of aldehydes is 1. The van der Waals surface area contributed by atoms with Crippen molar-refractivity contribution < 1.29 is 23.9 Å². The van der Waals surface area contributed by atoms with Crippen LogP contribution in [0.25, 0.3) is 5.65 Å². The van der Waals surface area contributed by atoms with Crippen LogP contribution in [-0.2, 0) is 13.1 Å². The highest BCUT2D eigenvalue weighted by Gasteiger charge is 2.17. The van der Waals surface area contributed by atoms with Crippen LogP contribution in [0.4, 0.5) is 0 Å². The maximum atomic E-state index is 12.8. The molecule has 170 valence electrons. The lowest BCUT2D eigenvalue weighted by atomic mass is 10.1. The Bertz CT molecular complexity index is 1390. The average molecular weight is 456 g/mol. The van der Waals surface area contributed by atoms with Crippen LogP contribution >= 0.6 is 0 Å². The molecule has 1 aliphatic heterocycles. The van der Waals surface area contributed by atoms with Crippen LogP contribution in [0, 0.1) is 0 Å². The lowest BCUT2D eigenvalue weighted by Gasteiger charge is -2.07. The van der Waals surface area contributed by atoms with Gasteiger partial charge < -0.3 is 20.1 Å². The van der Waals surface area contributed by atoms with Gasteiger partial charge in [0.2, 0.25) is 6.79 Å². The number of hydrogen-bond acceptors (Lipinski definition) is 6. The molecule has 0 aliphatic carbocycles. The highest BCUT2D eigenvalue weighted by Crippen LogP contribution is 2.32. The van der Waals surface area contributed by atoms with Gasteiger partial charge in [-0.25, -0.2) is 4.98 Å².